The summed E-state index contributed by atoms with van der Waals surface area (Å²) in [6, 6.07) is 13.2. The Hall–Kier alpha value is -2.17. The molecular formula is C20H19Cl2NO3. The maximum Gasteiger partial charge on any atom is 0.410 e. The number of nitrogens with zero attached hydrogens (tertiary/aromatic N) is 1. The zero-order valence-corrected chi connectivity index (χ0v) is 15.8. The minimum Gasteiger partial charge on any atom is -0.490 e. The fraction of sp³-hybridized carbons (Fsp3) is 0.250. The summed E-state index contributed by atoms with van der Waals surface area (Å²) in [6.07, 6.45) is 3.18. The number of carbonyl (C=O) groups excluding carboxylic acids is 1. The van der Waals surface area contributed by atoms with E-state index >= 15 is 0 Å². The van der Waals surface area contributed by atoms with E-state index in [-0.39, 0.29) is 12.2 Å². The number of amides is 1. The maximum absolute atomic E-state index is 12.0. The predicted molar refractivity (Wildman–Crippen MR) is 104 cm³/mol. The maximum atomic E-state index is 12.0. The first-order chi connectivity index (χ1) is 12.5. The molecule has 0 aliphatic carbocycles. The molecule has 6 heteroatoms. The topological polar surface area (TPSA) is 38.8 Å². The number of hydrogen-bond acceptors (Lipinski definition) is 3. The Morgan fingerprint density at radius 2 is 1.96 bits per heavy atom. The summed E-state index contributed by atoms with van der Waals surface area (Å²) in [5, 5.41) is 1.02. The Labute approximate surface area is 162 Å². The Kier molecular flexibility index (Phi) is 6.07. The fourth-order valence-corrected chi connectivity index (χ4v) is 2.87. The molecule has 2 aromatic rings. The highest BCUT2D eigenvalue weighted by Gasteiger charge is 2.30. The van der Waals surface area contributed by atoms with Crippen molar-refractivity contribution in [2.24, 2.45) is 0 Å². The monoisotopic (exact) mass is 391 g/mol. The van der Waals surface area contributed by atoms with E-state index in [9.17, 15) is 4.79 Å². The van der Waals surface area contributed by atoms with Crippen LogP contribution in [0.5, 0.6) is 5.75 Å². The molecule has 1 saturated heterocycles. The van der Waals surface area contributed by atoms with Gasteiger partial charge in [-0.25, -0.2) is 4.79 Å². The number of aryl methyl sites for hydroxylation is 1. The van der Waals surface area contributed by atoms with Crippen LogP contribution in [-0.4, -0.2) is 36.8 Å². The second kappa shape index (κ2) is 8.47. The van der Waals surface area contributed by atoms with Gasteiger partial charge in [0, 0.05) is 6.54 Å². The first-order valence-electron chi connectivity index (χ1n) is 8.28. The van der Waals surface area contributed by atoms with E-state index in [1.54, 1.807) is 17.0 Å². The quantitative estimate of drug-likeness (QED) is 0.677. The van der Waals surface area contributed by atoms with Crippen molar-refractivity contribution >= 4 is 35.4 Å². The molecule has 0 unspecified atom stereocenters. The Morgan fingerprint density at radius 1 is 1.19 bits per heavy atom. The van der Waals surface area contributed by atoms with Crippen LogP contribution in [0.25, 0.3) is 6.08 Å². The molecule has 0 saturated carbocycles. The van der Waals surface area contributed by atoms with Crippen LogP contribution in [0.3, 0.4) is 0 Å². The summed E-state index contributed by atoms with van der Waals surface area (Å²) in [6.45, 7) is 3.31. The molecule has 26 heavy (non-hydrogen) atoms. The average Bonchev–Trinajstić information content (AvgIpc) is 2.97. The lowest BCUT2D eigenvalue weighted by molar-refractivity contribution is 0.103. The highest BCUT2D eigenvalue weighted by molar-refractivity contribution is 6.42. The van der Waals surface area contributed by atoms with Gasteiger partial charge in [0.05, 0.1) is 16.6 Å². The molecule has 0 bridgehead atoms. The van der Waals surface area contributed by atoms with E-state index in [0.29, 0.717) is 29.7 Å². The van der Waals surface area contributed by atoms with E-state index in [0.717, 1.165) is 11.3 Å². The fourth-order valence-electron chi connectivity index (χ4n) is 2.57. The molecule has 1 atom stereocenters. The second-order valence-electron chi connectivity index (χ2n) is 6.11. The van der Waals surface area contributed by atoms with Crippen LogP contribution in [0, 0.1) is 6.92 Å². The van der Waals surface area contributed by atoms with Gasteiger partial charge in [0.25, 0.3) is 0 Å². The van der Waals surface area contributed by atoms with Gasteiger partial charge in [0.2, 0.25) is 0 Å². The SMILES string of the molecule is Cc1ccc(OC[C@@H]2CN(C/C=C/c3ccc(Cl)c(Cl)c3)C(=O)O2)cc1. The van der Waals surface area contributed by atoms with Gasteiger partial charge in [-0.3, -0.25) is 0 Å². The van der Waals surface area contributed by atoms with Crippen molar-refractivity contribution in [3.05, 3.63) is 69.7 Å². The molecule has 1 aliphatic rings. The van der Waals surface area contributed by atoms with Crippen LogP contribution < -0.4 is 4.74 Å². The number of carbonyl (C=O) groups is 1. The van der Waals surface area contributed by atoms with E-state index in [1.165, 1.54) is 5.56 Å². The molecule has 1 aliphatic heterocycles. The molecule has 0 N–H and O–H groups in total. The number of rotatable bonds is 6. The van der Waals surface area contributed by atoms with E-state index in [4.69, 9.17) is 32.7 Å². The van der Waals surface area contributed by atoms with Crippen LogP contribution in [0.1, 0.15) is 11.1 Å². The van der Waals surface area contributed by atoms with Gasteiger partial charge in [-0.1, -0.05) is 59.1 Å². The first-order valence-corrected chi connectivity index (χ1v) is 9.03. The highest BCUT2D eigenvalue weighted by Crippen LogP contribution is 2.23. The number of ether oxygens (including phenoxy) is 2. The molecular weight excluding hydrogens is 373 g/mol. The number of benzene rings is 2. The van der Waals surface area contributed by atoms with Crippen molar-refractivity contribution in [2.45, 2.75) is 13.0 Å². The number of hydrogen-bond donors (Lipinski definition) is 0. The van der Waals surface area contributed by atoms with Gasteiger partial charge in [0.1, 0.15) is 12.4 Å². The third kappa shape index (κ3) is 4.93. The summed E-state index contributed by atoms with van der Waals surface area (Å²) >= 11 is 11.9. The standard InChI is InChI=1S/C20H19Cl2NO3/c1-14-4-7-16(8-5-14)25-13-17-12-23(20(24)26-17)10-2-3-15-6-9-18(21)19(22)11-15/h2-9,11,17H,10,12-13H2,1H3/b3-2+/t17-/m0/s1. The van der Waals surface area contributed by atoms with Crippen molar-refractivity contribution in [1.82, 2.24) is 4.90 Å². The van der Waals surface area contributed by atoms with Gasteiger partial charge in [-0.15, -0.1) is 0 Å². The third-order valence-electron chi connectivity index (χ3n) is 3.99. The lowest BCUT2D eigenvalue weighted by Crippen LogP contribution is -2.27. The Morgan fingerprint density at radius 3 is 2.69 bits per heavy atom. The van der Waals surface area contributed by atoms with Gasteiger partial charge >= 0.3 is 6.09 Å². The average molecular weight is 392 g/mol. The molecule has 0 radical (unpaired) electrons. The van der Waals surface area contributed by atoms with Gasteiger partial charge in [-0.05, 0) is 36.8 Å². The van der Waals surface area contributed by atoms with Crippen LogP contribution in [-0.2, 0) is 4.74 Å². The minimum atomic E-state index is -0.332. The summed E-state index contributed by atoms with van der Waals surface area (Å²) < 4.78 is 11.0. The molecule has 1 fully saturated rings. The molecule has 1 heterocycles. The van der Waals surface area contributed by atoms with Gasteiger partial charge in [0.15, 0.2) is 6.10 Å². The third-order valence-corrected chi connectivity index (χ3v) is 4.73. The minimum absolute atomic E-state index is 0.276. The first kappa shape index (κ1) is 18.6. The van der Waals surface area contributed by atoms with Crippen molar-refractivity contribution < 1.29 is 14.3 Å². The van der Waals surface area contributed by atoms with Crippen molar-refractivity contribution in [3.8, 4) is 5.75 Å². The molecule has 1 amide bonds. The van der Waals surface area contributed by atoms with E-state index in [1.807, 2.05) is 49.4 Å². The van der Waals surface area contributed by atoms with Crippen LogP contribution in [0.15, 0.2) is 48.5 Å². The van der Waals surface area contributed by atoms with Crippen molar-refractivity contribution in [3.63, 3.8) is 0 Å². The molecule has 3 rings (SSSR count). The number of halogens is 2. The molecule has 136 valence electrons. The summed E-state index contributed by atoms with van der Waals surface area (Å²) in [5.74, 6) is 0.768. The van der Waals surface area contributed by atoms with Crippen molar-refractivity contribution in [1.29, 1.82) is 0 Å². The van der Waals surface area contributed by atoms with Gasteiger partial charge in [-0.2, -0.15) is 0 Å². The molecule has 2 aromatic carbocycles. The Balaban J connectivity index is 1.48. The van der Waals surface area contributed by atoms with E-state index in [2.05, 4.69) is 0 Å². The zero-order chi connectivity index (χ0) is 18.5. The Bertz CT molecular complexity index is 805. The van der Waals surface area contributed by atoms with Crippen LogP contribution in [0.4, 0.5) is 4.79 Å². The highest BCUT2D eigenvalue weighted by atomic mass is 35.5. The summed E-state index contributed by atoms with van der Waals surface area (Å²) in [7, 11) is 0. The predicted octanol–water partition coefficient (Wildman–Crippen LogP) is 5.21. The molecule has 0 spiro atoms. The largest absolute Gasteiger partial charge is 0.490 e. The lowest BCUT2D eigenvalue weighted by Gasteiger charge is -2.11. The summed E-state index contributed by atoms with van der Waals surface area (Å²) in [5.41, 5.74) is 2.09. The summed E-state index contributed by atoms with van der Waals surface area (Å²) in [4.78, 5) is 13.6. The molecule has 4 nitrogen and oxygen atoms in total. The lowest BCUT2D eigenvalue weighted by atomic mass is 10.2. The molecule has 0 aromatic heterocycles. The second-order valence-corrected chi connectivity index (χ2v) is 6.93. The van der Waals surface area contributed by atoms with E-state index < -0.39 is 0 Å². The number of cyclic esters (lactones) is 1. The zero-order valence-electron chi connectivity index (χ0n) is 14.3. The normalized spacial score (nSPS) is 17.0. The van der Waals surface area contributed by atoms with Crippen LogP contribution in [0.2, 0.25) is 10.0 Å². The van der Waals surface area contributed by atoms with Crippen molar-refractivity contribution in [2.75, 3.05) is 19.7 Å². The van der Waals surface area contributed by atoms with Crippen LogP contribution >= 0.6 is 23.2 Å². The van der Waals surface area contributed by atoms with Gasteiger partial charge < -0.3 is 14.4 Å². The smallest absolute Gasteiger partial charge is 0.410 e.